The fourth-order valence-electron chi connectivity index (χ4n) is 0.939. The van der Waals surface area contributed by atoms with Crippen LogP contribution in [0, 0.1) is 0 Å². The highest BCUT2D eigenvalue weighted by atomic mass is 79.9. The van der Waals surface area contributed by atoms with Crippen LogP contribution >= 0.6 is 15.9 Å². The van der Waals surface area contributed by atoms with Crippen LogP contribution in [0.1, 0.15) is 27.7 Å². The van der Waals surface area contributed by atoms with Gasteiger partial charge in [0.1, 0.15) is 0 Å². The summed E-state index contributed by atoms with van der Waals surface area (Å²) < 4.78 is 15.3. The molecule has 0 aromatic carbocycles. The van der Waals surface area contributed by atoms with Crippen LogP contribution in [0.2, 0.25) is 0 Å². The molecule has 4 heteroatoms. The molecule has 0 radical (unpaired) electrons. The molecule has 0 saturated carbocycles. The van der Waals surface area contributed by atoms with Gasteiger partial charge in [0.15, 0.2) is 0 Å². The normalized spacial score (nSPS) is 15.4. The molecular formula is C12H20BrNOS. The number of hydrogen-bond donors (Lipinski definition) is 1. The summed E-state index contributed by atoms with van der Waals surface area (Å²) in [6.07, 6.45) is 5.83. The molecule has 1 atom stereocenters. The minimum absolute atomic E-state index is 0.244. The first-order valence-corrected chi connectivity index (χ1v) is 7.04. The van der Waals surface area contributed by atoms with E-state index in [9.17, 15) is 4.21 Å². The van der Waals surface area contributed by atoms with Crippen LogP contribution in [-0.4, -0.2) is 15.5 Å². The third-order valence-electron chi connectivity index (χ3n) is 1.69. The van der Waals surface area contributed by atoms with Crippen molar-refractivity contribution in [3.63, 3.8) is 0 Å². The van der Waals surface area contributed by atoms with Gasteiger partial charge in [0, 0.05) is 11.0 Å². The van der Waals surface area contributed by atoms with Crippen molar-refractivity contribution in [2.75, 3.05) is 6.54 Å². The first-order valence-electron chi connectivity index (χ1n) is 5.10. The molecule has 0 aliphatic carbocycles. The quantitative estimate of drug-likeness (QED) is 0.775. The van der Waals surface area contributed by atoms with Gasteiger partial charge in [-0.1, -0.05) is 34.7 Å². The van der Waals surface area contributed by atoms with Gasteiger partial charge in [0.25, 0.3) is 0 Å². The largest absolute Gasteiger partial charge is 0.242 e. The minimum atomic E-state index is -1.05. The Hall–Kier alpha value is -0.190. The molecule has 1 N–H and O–H groups in total. The summed E-state index contributed by atoms with van der Waals surface area (Å²) in [5, 5.41) is 0. The topological polar surface area (TPSA) is 29.1 Å². The van der Waals surface area contributed by atoms with E-state index in [-0.39, 0.29) is 4.75 Å². The summed E-state index contributed by atoms with van der Waals surface area (Å²) in [5.74, 6) is 0. The zero-order valence-corrected chi connectivity index (χ0v) is 12.7. The lowest BCUT2D eigenvalue weighted by Gasteiger charge is -2.18. The summed E-state index contributed by atoms with van der Waals surface area (Å²) in [5.41, 5.74) is 1.04. The van der Waals surface area contributed by atoms with E-state index in [2.05, 4.69) is 27.2 Å². The molecule has 0 amide bonds. The number of hydrogen-bond acceptors (Lipinski definition) is 1. The molecule has 92 valence electrons. The summed E-state index contributed by atoms with van der Waals surface area (Å²) in [7, 11) is -1.05. The van der Waals surface area contributed by atoms with Crippen molar-refractivity contribution in [3.05, 3.63) is 34.9 Å². The Morgan fingerprint density at radius 2 is 2.06 bits per heavy atom. The zero-order valence-electron chi connectivity index (χ0n) is 10.3. The maximum absolute atomic E-state index is 11.8. The number of rotatable bonds is 5. The Labute approximate surface area is 110 Å². The Morgan fingerprint density at radius 3 is 2.44 bits per heavy atom. The first-order chi connectivity index (χ1) is 7.27. The molecule has 0 aromatic heterocycles. The smallest absolute Gasteiger partial charge is 0.0973 e. The maximum atomic E-state index is 11.8. The molecule has 1 unspecified atom stereocenters. The van der Waals surface area contributed by atoms with Gasteiger partial charge in [-0.15, -0.1) is 0 Å². The van der Waals surface area contributed by atoms with Gasteiger partial charge in [-0.2, -0.15) is 0 Å². The van der Waals surface area contributed by atoms with Crippen molar-refractivity contribution >= 4 is 26.9 Å². The first kappa shape index (κ1) is 15.8. The van der Waals surface area contributed by atoms with Crippen molar-refractivity contribution in [1.29, 1.82) is 0 Å². The minimum Gasteiger partial charge on any atom is -0.242 e. The molecule has 0 aliphatic heterocycles. The lowest BCUT2D eigenvalue weighted by molar-refractivity contribution is 0.639. The van der Waals surface area contributed by atoms with E-state index in [1.807, 2.05) is 45.9 Å². The van der Waals surface area contributed by atoms with Crippen LogP contribution in [0.3, 0.4) is 0 Å². The van der Waals surface area contributed by atoms with E-state index in [1.165, 1.54) is 0 Å². The van der Waals surface area contributed by atoms with Crippen molar-refractivity contribution in [2.45, 2.75) is 32.4 Å². The highest BCUT2D eigenvalue weighted by molar-refractivity contribution is 9.11. The van der Waals surface area contributed by atoms with E-state index < -0.39 is 11.0 Å². The number of allylic oxidation sites excluding steroid dienone is 3. The van der Waals surface area contributed by atoms with Gasteiger partial charge in [-0.05, 0) is 39.3 Å². The fraction of sp³-hybridized carbons (Fsp3) is 0.500. The average molecular weight is 306 g/mol. The number of nitrogens with one attached hydrogen (secondary N) is 1. The molecule has 0 rings (SSSR count). The van der Waals surface area contributed by atoms with Gasteiger partial charge in [0.05, 0.1) is 15.7 Å². The Bertz CT molecular complexity index is 326. The molecule has 0 heterocycles. The number of halogens is 1. The molecule has 0 aliphatic rings. The highest BCUT2D eigenvalue weighted by Gasteiger charge is 2.18. The van der Waals surface area contributed by atoms with Crippen molar-refractivity contribution in [2.24, 2.45) is 0 Å². The highest BCUT2D eigenvalue weighted by Crippen LogP contribution is 2.11. The molecule has 2 nitrogen and oxygen atoms in total. The van der Waals surface area contributed by atoms with Gasteiger partial charge in [-0.3, -0.25) is 0 Å². The Kier molecular flexibility index (Phi) is 7.11. The molecule has 0 aromatic rings. The average Bonchev–Trinajstić information content (AvgIpc) is 2.11. The summed E-state index contributed by atoms with van der Waals surface area (Å²) >= 11 is 3.28. The van der Waals surface area contributed by atoms with Crippen LogP contribution in [-0.2, 0) is 11.0 Å². The maximum Gasteiger partial charge on any atom is 0.0973 e. The monoisotopic (exact) mass is 305 g/mol. The molecule has 0 fully saturated rings. The summed E-state index contributed by atoms with van der Waals surface area (Å²) in [4.78, 5) is 0. The molecule has 0 spiro atoms. The molecule has 16 heavy (non-hydrogen) atoms. The second-order valence-electron chi connectivity index (χ2n) is 4.37. The summed E-state index contributed by atoms with van der Waals surface area (Å²) in [6, 6.07) is 0. The van der Waals surface area contributed by atoms with Gasteiger partial charge in [-0.25, -0.2) is 8.93 Å². The van der Waals surface area contributed by atoms with Crippen LogP contribution in [0.15, 0.2) is 34.9 Å². The lowest BCUT2D eigenvalue weighted by atomic mass is 10.2. The fourth-order valence-corrected chi connectivity index (χ4v) is 1.96. The SMILES string of the molecule is C=C(Br)/C=C(\C=C/C)CNS(=O)C(C)(C)C. The van der Waals surface area contributed by atoms with Gasteiger partial charge < -0.3 is 0 Å². The van der Waals surface area contributed by atoms with E-state index in [4.69, 9.17) is 0 Å². The van der Waals surface area contributed by atoms with E-state index in [1.54, 1.807) is 0 Å². The predicted molar refractivity (Wildman–Crippen MR) is 76.9 cm³/mol. The van der Waals surface area contributed by atoms with E-state index >= 15 is 0 Å². The van der Waals surface area contributed by atoms with Gasteiger partial charge in [0.2, 0.25) is 0 Å². The second kappa shape index (κ2) is 7.20. The van der Waals surface area contributed by atoms with E-state index in [0.29, 0.717) is 6.54 Å². The third kappa shape index (κ3) is 7.14. The summed E-state index contributed by atoms with van der Waals surface area (Å²) in [6.45, 7) is 12.1. The lowest BCUT2D eigenvalue weighted by Crippen LogP contribution is -2.34. The van der Waals surface area contributed by atoms with Crippen molar-refractivity contribution < 1.29 is 4.21 Å². The predicted octanol–water partition coefficient (Wildman–Crippen LogP) is 3.45. The van der Waals surface area contributed by atoms with Crippen LogP contribution < -0.4 is 4.72 Å². The molecule has 0 bridgehead atoms. The van der Waals surface area contributed by atoms with Crippen LogP contribution in [0.5, 0.6) is 0 Å². The standard InChI is InChI=1S/C12H20BrNOS/c1-6-7-11(8-10(2)13)9-14-16(15)12(3,4)5/h6-8,14H,2,9H2,1,3-5H3/b7-6-,11-8+. The van der Waals surface area contributed by atoms with Gasteiger partial charge >= 0.3 is 0 Å². The van der Waals surface area contributed by atoms with Crippen molar-refractivity contribution in [1.82, 2.24) is 4.72 Å². The van der Waals surface area contributed by atoms with Crippen LogP contribution in [0.4, 0.5) is 0 Å². The van der Waals surface area contributed by atoms with Crippen LogP contribution in [0.25, 0.3) is 0 Å². The molecule has 0 saturated heterocycles. The van der Waals surface area contributed by atoms with Crippen molar-refractivity contribution in [3.8, 4) is 0 Å². The Balaban J connectivity index is 4.46. The molecular weight excluding hydrogens is 286 g/mol. The third-order valence-corrected chi connectivity index (χ3v) is 3.43. The van der Waals surface area contributed by atoms with E-state index in [0.717, 1.165) is 10.1 Å². The zero-order chi connectivity index (χ0) is 12.8. The second-order valence-corrected chi connectivity index (χ2v) is 7.44. The Morgan fingerprint density at radius 1 is 1.50 bits per heavy atom.